The molecule has 0 radical (unpaired) electrons. The molecule has 0 aliphatic heterocycles. The Labute approximate surface area is 142 Å². The van der Waals surface area contributed by atoms with Gasteiger partial charge in [-0.1, -0.05) is 36.4 Å². The fraction of sp³-hybridized carbons (Fsp3) is 0.200. The van der Waals surface area contributed by atoms with Crippen molar-refractivity contribution in [3.8, 4) is 11.3 Å². The van der Waals surface area contributed by atoms with E-state index >= 15 is 0 Å². The van der Waals surface area contributed by atoms with Crippen LogP contribution in [-0.4, -0.2) is 33.9 Å². The van der Waals surface area contributed by atoms with E-state index in [2.05, 4.69) is 9.97 Å². The molecule has 4 heteroatoms. The third-order valence-electron chi connectivity index (χ3n) is 4.21. The Morgan fingerprint density at radius 1 is 1.08 bits per heavy atom. The second kappa shape index (κ2) is 7.13. The van der Waals surface area contributed by atoms with Crippen molar-refractivity contribution in [3.63, 3.8) is 0 Å². The number of carbonyl (C=O) groups excluding carboxylic acids is 1. The summed E-state index contributed by atoms with van der Waals surface area (Å²) in [6.45, 7) is 2.04. The minimum absolute atomic E-state index is 0.0133. The standard InChI is InChI=1S/C20H21N3O/c1-15(14-17-10-6-7-13-21-17)23(2)20(24)19-12-11-18(22-19)16-8-4-3-5-9-16/h3-13,15,22H,14H2,1-2H3/t15-/m1/s1. The third kappa shape index (κ3) is 3.54. The van der Waals surface area contributed by atoms with Crippen LogP contribution < -0.4 is 0 Å². The number of aromatic nitrogens is 2. The molecule has 1 aromatic carbocycles. The number of pyridine rings is 1. The minimum atomic E-state index is -0.0133. The Hall–Kier alpha value is -2.88. The number of nitrogens with zero attached hydrogens (tertiary/aromatic N) is 2. The Morgan fingerprint density at radius 2 is 1.83 bits per heavy atom. The van der Waals surface area contributed by atoms with Gasteiger partial charge in [-0.15, -0.1) is 0 Å². The second-order valence-electron chi connectivity index (χ2n) is 5.94. The van der Waals surface area contributed by atoms with Crippen LogP contribution in [0.4, 0.5) is 0 Å². The third-order valence-corrected chi connectivity index (χ3v) is 4.21. The van der Waals surface area contributed by atoms with E-state index in [0.29, 0.717) is 5.69 Å². The number of likely N-dealkylation sites (N-methyl/N-ethyl adjacent to an activating group) is 1. The van der Waals surface area contributed by atoms with E-state index in [1.807, 2.05) is 74.6 Å². The van der Waals surface area contributed by atoms with Crippen LogP contribution in [0.5, 0.6) is 0 Å². The minimum Gasteiger partial charge on any atom is -0.351 e. The van der Waals surface area contributed by atoms with E-state index in [4.69, 9.17) is 0 Å². The van der Waals surface area contributed by atoms with E-state index in [1.54, 1.807) is 11.1 Å². The van der Waals surface area contributed by atoms with E-state index in [9.17, 15) is 4.79 Å². The van der Waals surface area contributed by atoms with Crippen LogP contribution in [0.2, 0.25) is 0 Å². The summed E-state index contributed by atoms with van der Waals surface area (Å²) in [5.41, 5.74) is 3.61. The molecule has 0 spiro atoms. The van der Waals surface area contributed by atoms with Crippen molar-refractivity contribution in [1.29, 1.82) is 0 Å². The average Bonchev–Trinajstić information content (AvgIpc) is 3.12. The second-order valence-corrected chi connectivity index (χ2v) is 5.94. The zero-order chi connectivity index (χ0) is 16.9. The summed E-state index contributed by atoms with van der Waals surface area (Å²) < 4.78 is 0. The van der Waals surface area contributed by atoms with Gasteiger partial charge in [-0.2, -0.15) is 0 Å². The molecule has 4 nitrogen and oxygen atoms in total. The fourth-order valence-corrected chi connectivity index (χ4v) is 2.65. The van der Waals surface area contributed by atoms with Crippen LogP contribution in [0.15, 0.2) is 66.9 Å². The lowest BCUT2D eigenvalue weighted by Crippen LogP contribution is -2.36. The maximum absolute atomic E-state index is 12.7. The molecule has 2 heterocycles. The van der Waals surface area contributed by atoms with Crippen molar-refractivity contribution in [2.75, 3.05) is 7.05 Å². The van der Waals surface area contributed by atoms with Gasteiger partial charge in [-0.05, 0) is 36.8 Å². The number of hydrogen-bond donors (Lipinski definition) is 1. The highest BCUT2D eigenvalue weighted by atomic mass is 16.2. The molecule has 3 rings (SSSR count). The molecule has 0 aliphatic rings. The van der Waals surface area contributed by atoms with Crippen LogP contribution in [0.1, 0.15) is 23.1 Å². The van der Waals surface area contributed by atoms with Crippen molar-refractivity contribution in [3.05, 3.63) is 78.2 Å². The molecule has 0 aliphatic carbocycles. The summed E-state index contributed by atoms with van der Waals surface area (Å²) >= 11 is 0. The summed E-state index contributed by atoms with van der Waals surface area (Å²) in [5.74, 6) is -0.0133. The number of carbonyl (C=O) groups is 1. The summed E-state index contributed by atoms with van der Waals surface area (Å²) in [6, 6.07) is 19.7. The van der Waals surface area contributed by atoms with Crippen molar-refractivity contribution >= 4 is 5.91 Å². The molecule has 0 saturated heterocycles. The maximum atomic E-state index is 12.7. The first-order valence-corrected chi connectivity index (χ1v) is 8.06. The van der Waals surface area contributed by atoms with Gasteiger partial charge in [0.2, 0.25) is 0 Å². The SMILES string of the molecule is C[C@H](Cc1ccccn1)N(C)C(=O)c1ccc(-c2ccccc2)[nH]1. The predicted molar refractivity (Wildman–Crippen MR) is 95.7 cm³/mol. The largest absolute Gasteiger partial charge is 0.351 e. The summed E-state index contributed by atoms with van der Waals surface area (Å²) in [5, 5.41) is 0. The number of benzene rings is 1. The van der Waals surface area contributed by atoms with Crippen LogP contribution in [-0.2, 0) is 6.42 Å². The van der Waals surface area contributed by atoms with Gasteiger partial charge in [-0.3, -0.25) is 9.78 Å². The van der Waals surface area contributed by atoms with Crippen LogP contribution in [0.3, 0.4) is 0 Å². The average molecular weight is 319 g/mol. The topological polar surface area (TPSA) is 49.0 Å². The molecule has 1 atom stereocenters. The number of nitrogens with one attached hydrogen (secondary N) is 1. The molecule has 0 bridgehead atoms. The molecule has 0 fully saturated rings. The van der Waals surface area contributed by atoms with Gasteiger partial charge >= 0.3 is 0 Å². The van der Waals surface area contributed by atoms with E-state index in [-0.39, 0.29) is 11.9 Å². The van der Waals surface area contributed by atoms with E-state index in [1.165, 1.54) is 0 Å². The first-order valence-electron chi connectivity index (χ1n) is 8.06. The normalized spacial score (nSPS) is 11.9. The Kier molecular flexibility index (Phi) is 4.75. The van der Waals surface area contributed by atoms with Crippen LogP contribution in [0, 0.1) is 0 Å². The molecule has 3 aromatic rings. The lowest BCUT2D eigenvalue weighted by atomic mass is 10.1. The molecule has 2 aromatic heterocycles. The predicted octanol–water partition coefficient (Wildman–Crippen LogP) is 3.78. The van der Waals surface area contributed by atoms with E-state index in [0.717, 1.165) is 23.4 Å². The Morgan fingerprint density at radius 3 is 2.54 bits per heavy atom. The van der Waals surface area contributed by atoms with Gasteiger partial charge in [0.25, 0.3) is 5.91 Å². The molecular formula is C20H21N3O. The summed E-state index contributed by atoms with van der Waals surface area (Å²) in [7, 11) is 1.83. The van der Waals surface area contributed by atoms with Gasteiger partial charge < -0.3 is 9.88 Å². The van der Waals surface area contributed by atoms with Gasteiger partial charge in [0.1, 0.15) is 5.69 Å². The first kappa shape index (κ1) is 16.0. The molecule has 0 unspecified atom stereocenters. The molecule has 0 saturated carbocycles. The highest BCUT2D eigenvalue weighted by Crippen LogP contribution is 2.19. The summed E-state index contributed by atoms with van der Waals surface area (Å²) in [4.78, 5) is 22.0. The van der Waals surface area contributed by atoms with Gasteiger partial charge in [0.15, 0.2) is 0 Å². The van der Waals surface area contributed by atoms with Crippen molar-refractivity contribution in [2.24, 2.45) is 0 Å². The Balaban J connectivity index is 1.71. The molecular weight excluding hydrogens is 298 g/mol. The van der Waals surface area contributed by atoms with Crippen LogP contribution in [0.25, 0.3) is 11.3 Å². The molecule has 122 valence electrons. The molecule has 1 amide bonds. The first-order chi connectivity index (χ1) is 11.6. The number of H-pyrrole nitrogens is 1. The quantitative estimate of drug-likeness (QED) is 0.778. The maximum Gasteiger partial charge on any atom is 0.270 e. The molecule has 1 N–H and O–H groups in total. The molecule has 24 heavy (non-hydrogen) atoms. The van der Waals surface area contributed by atoms with Crippen molar-refractivity contribution < 1.29 is 4.79 Å². The number of hydrogen-bond acceptors (Lipinski definition) is 2. The lowest BCUT2D eigenvalue weighted by Gasteiger charge is -2.24. The highest BCUT2D eigenvalue weighted by molar-refractivity contribution is 5.93. The van der Waals surface area contributed by atoms with Crippen molar-refractivity contribution in [2.45, 2.75) is 19.4 Å². The zero-order valence-electron chi connectivity index (χ0n) is 13.9. The fourth-order valence-electron chi connectivity index (χ4n) is 2.65. The number of rotatable bonds is 5. The monoisotopic (exact) mass is 319 g/mol. The zero-order valence-corrected chi connectivity index (χ0v) is 13.9. The van der Waals surface area contributed by atoms with Gasteiger partial charge in [0.05, 0.1) is 0 Å². The van der Waals surface area contributed by atoms with Crippen LogP contribution >= 0.6 is 0 Å². The van der Waals surface area contributed by atoms with Crippen molar-refractivity contribution in [1.82, 2.24) is 14.9 Å². The number of aromatic amines is 1. The smallest absolute Gasteiger partial charge is 0.270 e. The van der Waals surface area contributed by atoms with Gasteiger partial charge in [0, 0.05) is 37.1 Å². The number of amides is 1. The van der Waals surface area contributed by atoms with Gasteiger partial charge in [-0.25, -0.2) is 0 Å². The lowest BCUT2D eigenvalue weighted by molar-refractivity contribution is 0.0738. The highest BCUT2D eigenvalue weighted by Gasteiger charge is 2.19. The Bertz CT molecular complexity index is 796. The summed E-state index contributed by atoms with van der Waals surface area (Å²) in [6.07, 6.45) is 2.51. The van der Waals surface area contributed by atoms with E-state index < -0.39 is 0 Å².